The fourth-order valence-electron chi connectivity index (χ4n) is 2.52. The topological polar surface area (TPSA) is 74.7 Å². The van der Waals surface area contributed by atoms with Crippen LogP contribution in [0.5, 0.6) is 0 Å². The minimum atomic E-state index is 0.473. The monoisotopic (exact) mass is 478 g/mol. The fraction of sp³-hybridized carbons (Fsp3) is 0.448. The summed E-state index contributed by atoms with van der Waals surface area (Å²) in [6.45, 7) is 18.3. The lowest BCUT2D eigenvalue weighted by Gasteiger charge is -2.06. The number of allylic oxidation sites excluding steroid dienone is 1. The Balaban J connectivity index is 0.000000502. The van der Waals surface area contributed by atoms with E-state index in [0.29, 0.717) is 18.0 Å². The second-order valence-electron chi connectivity index (χ2n) is 8.14. The van der Waals surface area contributed by atoms with Gasteiger partial charge < -0.3 is 5.73 Å². The first-order valence-corrected chi connectivity index (χ1v) is 12.8. The van der Waals surface area contributed by atoms with Crippen molar-refractivity contribution in [3.05, 3.63) is 65.5 Å². The molecule has 0 aliphatic heterocycles. The van der Waals surface area contributed by atoms with Crippen LogP contribution in [0.25, 0.3) is 5.57 Å². The molecule has 34 heavy (non-hydrogen) atoms. The van der Waals surface area contributed by atoms with E-state index in [9.17, 15) is 0 Å². The lowest BCUT2D eigenvalue weighted by molar-refractivity contribution is 0.770. The van der Waals surface area contributed by atoms with Gasteiger partial charge in [0.25, 0.3) is 0 Å². The first-order valence-electron chi connectivity index (χ1n) is 12.0. The Hall–Kier alpha value is -2.73. The average molecular weight is 479 g/mol. The van der Waals surface area contributed by atoms with Gasteiger partial charge in [-0.15, -0.1) is 0 Å². The number of nitrogens with two attached hydrogens (primary N) is 1. The van der Waals surface area contributed by atoms with Gasteiger partial charge in [0, 0.05) is 29.6 Å². The summed E-state index contributed by atoms with van der Waals surface area (Å²) in [6.07, 6.45) is 6.95. The third-order valence-electron chi connectivity index (χ3n) is 4.71. The molecule has 0 amide bonds. The molecule has 0 bridgehead atoms. The van der Waals surface area contributed by atoms with Crippen molar-refractivity contribution in [1.82, 2.24) is 9.71 Å². The van der Waals surface area contributed by atoms with Crippen molar-refractivity contribution in [2.75, 3.05) is 0 Å². The van der Waals surface area contributed by atoms with Crippen LogP contribution >= 0.6 is 11.9 Å². The summed E-state index contributed by atoms with van der Waals surface area (Å²) in [6, 6.07) is 14.5. The number of nitrogens with zero attached hydrogens (tertiary/aromatic N) is 2. The van der Waals surface area contributed by atoms with Gasteiger partial charge in [0.15, 0.2) is 0 Å². The van der Waals surface area contributed by atoms with Gasteiger partial charge in [-0.3, -0.25) is 9.71 Å². The van der Waals surface area contributed by atoms with Crippen LogP contribution in [0, 0.1) is 36.1 Å². The first kappa shape index (κ1) is 31.3. The molecule has 4 nitrogen and oxygen atoms in total. The molecular formula is C29H42N4S. The third kappa shape index (κ3) is 14.4. The highest BCUT2D eigenvalue weighted by molar-refractivity contribution is 7.97. The standard InChI is InChI=1S/C11H16N2S.C11H10N2.C5H10.C2H6/c1-8(2)11-6-5-10(7-12-11)14-13-9(3)4;1-9-7-10(8-13)4-5-11(9)3-2-6-12;1-2-5-3-4-5;1-2/h5-7,9,13H,1H2,2-4H3;4-5,7H,3,12H2,1H3;5H,2-4H2,1H3;1-2H3. The third-order valence-corrected chi connectivity index (χ3v) is 5.78. The van der Waals surface area contributed by atoms with Gasteiger partial charge in [-0.1, -0.05) is 58.6 Å². The molecule has 2 aromatic rings. The van der Waals surface area contributed by atoms with E-state index in [0.717, 1.165) is 33.2 Å². The van der Waals surface area contributed by atoms with Crippen LogP contribution in [-0.4, -0.2) is 11.0 Å². The molecule has 1 aliphatic rings. The van der Waals surface area contributed by atoms with E-state index in [1.165, 1.54) is 19.3 Å². The molecular weight excluding hydrogens is 436 g/mol. The molecule has 1 aromatic carbocycles. The van der Waals surface area contributed by atoms with Crippen molar-refractivity contribution < 1.29 is 0 Å². The van der Waals surface area contributed by atoms with Crippen LogP contribution in [0.15, 0.2) is 48.0 Å². The summed E-state index contributed by atoms with van der Waals surface area (Å²) >= 11 is 1.61. The number of hydrogen-bond donors (Lipinski definition) is 2. The molecule has 1 aromatic heterocycles. The van der Waals surface area contributed by atoms with Gasteiger partial charge in [-0.25, -0.2) is 0 Å². The van der Waals surface area contributed by atoms with Crippen LogP contribution in [0.1, 0.15) is 83.2 Å². The zero-order valence-electron chi connectivity index (χ0n) is 22.0. The van der Waals surface area contributed by atoms with Crippen LogP contribution in [0.3, 0.4) is 0 Å². The Kier molecular flexibility index (Phi) is 17.2. The molecule has 3 rings (SSSR count). The summed E-state index contributed by atoms with van der Waals surface area (Å²) in [7, 11) is 0. The quantitative estimate of drug-likeness (QED) is 0.259. The minimum absolute atomic E-state index is 0.473. The number of rotatable bonds is 6. The van der Waals surface area contributed by atoms with E-state index in [1.54, 1.807) is 18.0 Å². The minimum Gasteiger partial charge on any atom is -0.359 e. The van der Waals surface area contributed by atoms with Gasteiger partial charge in [-0.05, 0) is 86.5 Å². The molecule has 5 heteroatoms. The maximum Gasteiger partial charge on any atom is 0.0991 e. The number of pyridine rings is 1. The lowest BCUT2D eigenvalue weighted by Crippen LogP contribution is -2.13. The summed E-state index contributed by atoms with van der Waals surface area (Å²) in [5, 5.41) is 8.63. The molecule has 0 unspecified atom stereocenters. The average Bonchev–Trinajstić information content (AvgIpc) is 3.69. The van der Waals surface area contributed by atoms with Crippen LogP contribution in [0.4, 0.5) is 0 Å². The number of aromatic nitrogens is 1. The van der Waals surface area contributed by atoms with E-state index < -0.39 is 0 Å². The summed E-state index contributed by atoms with van der Waals surface area (Å²) < 4.78 is 3.26. The largest absolute Gasteiger partial charge is 0.359 e. The Morgan fingerprint density at radius 2 is 1.94 bits per heavy atom. The maximum absolute atomic E-state index is 8.63. The number of nitrogens with one attached hydrogen (secondary N) is 1. The molecule has 0 atom stereocenters. The lowest BCUT2D eigenvalue weighted by atomic mass is 10.0. The Morgan fingerprint density at radius 3 is 2.32 bits per heavy atom. The molecule has 0 spiro atoms. The van der Waals surface area contributed by atoms with E-state index >= 15 is 0 Å². The van der Waals surface area contributed by atoms with Gasteiger partial charge in [0.1, 0.15) is 0 Å². The summed E-state index contributed by atoms with van der Waals surface area (Å²) in [4.78, 5) is 5.42. The molecule has 0 saturated heterocycles. The molecule has 184 valence electrons. The van der Waals surface area contributed by atoms with Crippen molar-refractivity contribution in [2.45, 2.75) is 85.1 Å². The van der Waals surface area contributed by atoms with E-state index in [4.69, 9.17) is 11.0 Å². The van der Waals surface area contributed by atoms with E-state index in [1.807, 2.05) is 52.1 Å². The Morgan fingerprint density at radius 1 is 1.26 bits per heavy atom. The van der Waals surface area contributed by atoms with Gasteiger partial charge >= 0.3 is 0 Å². The predicted molar refractivity (Wildman–Crippen MR) is 149 cm³/mol. The summed E-state index contributed by atoms with van der Waals surface area (Å²) in [5.74, 6) is 3.92. The number of aryl methyl sites for hydroxylation is 1. The summed E-state index contributed by atoms with van der Waals surface area (Å²) in [5.41, 5.74) is 9.91. The molecule has 3 N–H and O–H groups in total. The molecule has 1 heterocycles. The first-order chi connectivity index (χ1) is 16.3. The smallest absolute Gasteiger partial charge is 0.0991 e. The van der Waals surface area contributed by atoms with Crippen LogP contribution in [0.2, 0.25) is 0 Å². The maximum atomic E-state index is 8.63. The van der Waals surface area contributed by atoms with E-state index in [2.05, 4.69) is 61.2 Å². The molecule has 0 radical (unpaired) electrons. The second kappa shape index (κ2) is 18.7. The number of benzene rings is 1. The Labute approximate surface area is 212 Å². The zero-order valence-corrected chi connectivity index (χ0v) is 22.9. The fourth-order valence-corrected chi connectivity index (χ4v) is 3.13. The zero-order chi connectivity index (χ0) is 25.9. The van der Waals surface area contributed by atoms with Crippen LogP contribution < -0.4 is 10.5 Å². The predicted octanol–water partition coefficient (Wildman–Crippen LogP) is 7.28. The molecule has 1 aliphatic carbocycles. The van der Waals surface area contributed by atoms with Crippen LogP contribution in [-0.2, 0) is 6.42 Å². The highest BCUT2D eigenvalue weighted by Gasteiger charge is 2.17. The van der Waals surface area contributed by atoms with Gasteiger partial charge in [-0.2, -0.15) is 5.26 Å². The normalized spacial score (nSPS) is 11.1. The Bertz CT molecular complexity index is 943. The van der Waals surface area contributed by atoms with Gasteiger partial charge in [0.05, 0.1) is 17.3 Å². The highest BCUT2D eigenvalue weighted by Crippen LogP contribution is 2.31. The van der Waals surface area contributed by atoms with Crippen molar-refractivity contribution in [1.29, 1.82) is 5.26 Å². The number of hydrogen-bond acceptors (Lipinski definition) is 5. The van der Waals surface area contributed by atoms with E-state index in [-0.39, 0.29) is 0 Å². The number of nitriles is 1. The SMILES string of the molecule is C=C(C)c1ccc(SNC(C)C)cn1.CC.CCC1CC1.Cc1cc(C#N)ccc1CC#CN. The van der Waals surface area contributed by atoms with Crippen molar-refractivity contribution in [3.8, 4) is 18.0 Å². The molecule has 1 fully saturated rings. The van der Waals surface area contributed by atoms with Gasteiger partial charge in [0.2, 0.25) is 0 Å². The van der Waals surface area contributed by atoms with Crippen molar-refractivity contribution >= 4 is 17.5 Å². The van der Waals surface area contributed by atoms with Crippen molar-refractivity contribution in [3.63, 3.8) is 0 Å². The molecule has 1 saturated carbocycles. The second-order valence-corrected chi connectivity index (χ2v) is 9.05. The van der Waals surface area contributed by atoms with Crippen molar-refractivity contribution in [2.24, 2.45) is 11.7 Å². The highest BCUT2D eigenvalue weighted by atomic mass is 32.2.